The molecule has 186 valence electrons. The van der Waals surface area contributed by atoms with E-state index in [-0.39, 0.29) is 16.9 Å². The number of hydrogen-bond acceptors (Lipinski definition) is 5. The molecule has 3 aromatic carbocycles. The van der Waals surface area contributed by atoms with Crippen LogP contribution in [0.2, 0.25) is 0 Å². The van der Waals surface area contributed by atoms with E-state index >= 15 is 4.39 Å². The molecular formula is C29H28FNO5. The molecule has 1 amide bonds. The van der Waals surface area contributed by atoms with Crippen LogP contribution in [0.5, 0.6) is 11.5 Å². The summed E-state index contributed by atoms with van der Waals surface area (Å²) in [6.07, 6.45) is 3.10. The van der Waals surface area contributed by atoms with Crippen LogP contribution in [-0.4, -0.2) is 30.5 Å². The molecule has 1 saturated heterocycles. The van der Waals surface area contributed by atoms with Crippen molar-refractivity contribution in [1.82, 2.24) is 0 Å². The summed E-state index contributed by atoms with van der Waals surface area (Å²) in [5, 5.41) is 11.2. The number of carbonyl (C=O) groups excluding carboxylic acids is 2. The van der Waals surface area contributed by atoms with E-state index in [4.69, 9.17) is 9.47 Å². The lowest BCUT2D eigenvalue weighted by molar-refractivity contribution is -0.132. The van der Waals surface area contributed by atoms with E-state index < -0.39 is 23.5 Å². The van der Waals surface area contributed by atoms with Gasteiger partial charge in [-0.3, -0.25) is 14.5 Å². The van der Waals surface area contributed by atoms with Gasteiger partial charge in [0.25, 0.3) is 11.7 Å². The average Bonchev–Trinajstić information content (AvgIpc) is 3.16. The Morgan fingerprint density at radius 3 is 2.42 bits per heavy atom. The number of unbranched alkanes of at least 4 members (excludes halogenated alkanes) is 2. The zero-order valence-electron chi connectivity index (χ0n) is 20.2. The van der Waals surface area contributed by atoms with E-state index in [2.05, 4.69) is 6.92 Å². The topological polar surface area (TPSA) is 76.1 Å². The predicted octanol–water partition coefficient (Wildman–Crippen LogP) is 6.03. The fourth-order valence-electron chi connectivity index (χ4n) is 4.26. The van der Waals surface area contributed by atoms with Gasteiger partial charge in [0.05, 0.1) is 25.3 Å². The summed E-state index contributed by atoms with van der Waals surface area (Å²) in [6, 6.07) is 17.9. The largest absolute Gasteiger partial charge is 0.507 e. The summed E-state index contributed by atoms with van der Waals surface area (Å²) in [7, 11) is 1.48. The van der Waals surface area contributed by atoms with Crippen LogP contribution in [0.4, 0.5) is 10.1 Å². The number of ether oxygens (including phenoxy) is 2. The Morgan fingerprint density at radius 2 is 1.72 bits per heavy atom. The fourth-order valence-corrected chi connectivity index (χ4v) is 4.26. The van der Waals surface area contributed by atoms with Crippen LogP contribution in [0, 0.1) is 5.82 Å². The van der Waals surface area contributed by atoms with E-state index in [0.29, 0.717) is 29.4 Å². The number of nitrogens with zero attached hydrogens (tertiary/aromatic N) is 1. The number of anilines is 1. The van der Waals surface area contributed by atoms with Crippen molar-refractivity contribution in [1.29, 1.82) is 0 Å². The van der Waals surface area contributed by atoms with E-state index in [1.54, 1.807) is 54.6 Å². The quantitative estimate of drug-likeness (QED) is 0.172. The van der Waals surface area contributed by atoms with Crippen molar-refractivity contribution in [3.63, 3.8) is 0 Å². The number of hydrogen-bond donors (Lipinski definition) is 1. The minimum Gasteiger partial charge on any atom is -0.507 e. The fraction of sp³-hybridized carbons (Fsp3) is 0.241. The molecule has 0 bridgehead atoms. The van der Waals surface area contributed by atoms with E-state index in [1.807, 2.05) is 0 Å². The van der Waals surface area contributed by atoms with E-state index in [1.165, 1.54) is 30.2 Å². The molecule has 3 aromatic rings. The third-order valence-corrected chi connectivity index (χ3v) is 6.12. The Balaban J connectivity index is 1.78. The molecule has 1 fully saturated rings. The smallest absolute Gasteiger partial charge is 0.300 e. The first-order chi connectivity index (χ1) is 17.5. The Morgan fingerprint density at radius 1 is 0.972 bits per heavy atom. The first-order valence-corrected chi connectivity index (χ1v) is 11.9. The third-order valence-electron chi connectivity index (χ3n) is 6.12. The maximum absolute atomic E-state index is 15.0. The maximum atomic E-state index is 15.0. The molecule has 6 nitrogen and oxygen atoms in total. The van der Waals surface area contributed by atoms with Crippen LogP contribution < -0.4 is 14.4 Å². The highest BCUT2D eigenvalue weighted by molar-refractivity contribution is 6.51. The highest BCUT2D eigenvalue weighted by atomic mass is 19.1. The summed E-state index contributed by atoms with van der Waals surface area (Å²) in [5.41, 5.74) is 0.571. The second-order valence-electron chi connectivity index (χ2n) is 8.47. The van der Waals surface area contributed by atoms with Crippen LogP contribution >= 0.6 is 0 Å². The molecule has 36 heavy (non-hydrogen) atoms. The van der Waals surface area contributed by atoms with Gasteiger partial charge < -0.3 is 14.6 Å². The lowest BCUT2D eigenvalue weighted by Crippen LogP contribution is -2.29. The number of benzene rings is 3. The Labute approximate surface area is 209 Å². The molecular weight excluding hydrogens is 461 g/mol. The predicted molar refractivity (Wildman–Crippen MR) is 136 cm³/mol. The van der Waals surface area contributed by atoms with Gasteiger partial charge in [0, 0.05) is 22.9 Å². The number of aliphatic hydroxyl groups excluding tert-OH is 1. The van der Waals surface area contributed by atoms with Gasteiger partial charge in [-0.2, -0.15) is 0 Å². The Bertz CT molecular complexity index is 1280. The molecule has 0 aliphatic carbocycles. The molecule has 1 N–H and O–H groups in total. The lowest BCUT2D eigenvalue weighted by atomic mass is 9.94. The van der Waals surface area contributed by atoms with Crippen LogP contribution in [0.15, 0.2) is 78.4 Å². The second kappa shape index (κ2) is 11.1. The number of rotatable bonds is 9. The SMILES string of the molecule is CCCCCOc1ccc(/C(O)=C2\C(=O)C(=O)N(c3cccc(OC)c3)C2c2ccccc2F)cc1. The average molecular weight is 490 g/mol. The van der Waals surface area contributed by atoms with Crippen molar-refractivity contribution in [2.45, 2.75) is 32.2 Å². The van der Waals surface area contributed by atoms with E-state index in [0.717, 1.165) is 19.3 Å². The second-order valence-corrected chi connectivity index (χ2v) is 8.47. The zero-order chi connectivity index (χ0) is 25.7. The number of Topliss-reactive ketones (excluding diaryl/α,β-unsaturated/α-hetero) is 1. The monoisotopic (exact) mass is 489 g/mol. The summed E-state index contributed by atoms with van der Waals surface area (Å²) in [4.78, 5) is 27.7. The molecule has 0 radical (unpaired) electrons. The van der Waals surface area contributed by atoms with Gasteiger partial charge in [0.2, 0.25) is 0 Å². The van der Waals surface area contributed by atoms with Gasteiger partial charge in [-0.15, -0.1) is 0 Å². The summed E-state index contributed by atoms with van der Waals surface area (Å²) >= 11 is 0. The van der Waals surface area contributed by atoms with Crippen LogP contribution in [0.1, 0.15) is 43.4 Å². The van der Waals surface area contributed by atoms with E-state index in [9.17, 15) is 14.7 Å². The minimum atomic E-state index is -1.16. The minimum absolute atomic E-state index is 0.0944. The number of carbonyl (C=O) groups is 2. The highest BCUT2D eigenvalue weighted by Crippen LogP contribution is 2.43. The molecule has 1 heterocycles. The van der Waals surface area contributed by atoms with Crippen molar-refractivity contribution in [3.05, 3.63) is 95.3 Å². The summed E-state index contributed by atoms with van der Waals surface area (Å²) in [5.74, 6) is -1.65. The van der Waals surface area contributed by atoms with Gasteiger partial charge in [0.1, 0.15) is 23.1 Å². The molecule has 1 aliphatic heterocycles. The van der Waals surface area contributed by atoms with Gasteiger partial charge in [0.15, 0.2) is 0 Å². The molecule has 0 spiro atoms. The first-order valence-electron chi connectivity index (χ1n) is 11.9. The maximum Gasteiger partial charge on any atom is 0.300 e. The van der Waals surface area contributed by atoms with Crippen molar-refractivity contribution < 1.29 is 28.6 Å². The van der Waals surface area contributed by atoms with Gasteiger partial charge in [-0.05, 0) is 48.9 Å². The standard InChI is InChI=1S/C29H28FNO5/c1-3-4-7-17-36-21-15-13-19(14-16-21)27(32)25-26(23-11-5-6-12-24(23)30)31(29(34)28(25)33)20-9-8-10-22(18-20)35-2/h5-6,8-16,18,26,32H,3-4,7,17H2,1-2H3/b27-25+. The lowest BCUT2D eigenvalue weighted by Gasteiger charge is -2.26. The molecule has 1 aliphatic rings. The molecule has 0 aromatic heterocycles. The van der Waals surface area contributed by atoms with Crippen LogP contribution in [0.25, 0.3) is 5.76 Å². The van der Waals surface area contributed by atoms with Crippen molar-refractivity contribution >= 4 is 23.1 Å². The summed E-state index contributed by atoms with van der Waals surface area (Å²) < 4.78 is 26.0. The Hall–Kier alpha value is -4.13. The first kappa shape index (κ1) is 25.0. The normalized spacial score (nSPS) is 16.9. The number of amides is 1. The van der Waals surface area contributed by atoms with Crippen molar-refractivity contribution in [2.24, 2.45) is 0 Å². The number of aliphatic hydroxyl groups is 1. The number of ketones is 1. The van der Waals surface area contributed by atoms with Gasteiger partial charge in [-0.25, -0.2) is 4.39 Å². The molecule has 1 unspecified atom stereocenters. The Kier molecular flexibility index (Phi) is 7.68. The summed E-state index contributed by atoms with van der Waals surface area (Å²) in [6.45, 7) is 2.70. The van der Waals surface area contributed by atoms with Gasteiger partial charge >= 0.3 is 0 Å². The molecule has 1 atom stereocenters. The van der Waals surface area contributed by atoms with Crippen molar-refractivity contribution in [3.8, 4) is 11.5 Å². The van der Waals surface area contributed by atoms with Gasteiger partial charge in [-0.1, -0.05) is 44.0 Å². The highest BCUT2D eigenvalue weighted by Gasteiger charge is 2.47. The number of halogens is 1. The van der Waals surface area contributed by atoms with Crippen LogP contribution in [-0.2, 0) is 9.59 Å². The number of methoxy groups -OCH3 is 1. The zero-order valence-corrected chi connectivity index (χ0v) is 20.2. The molecule has 7 heteroatoms. The van der Waals surface area contributed by atoms with Crippen molar-refractivity contribution in [2.75, 3.05) is 18.6 Å². The molecule has 4 rings (SSSR count). The molecule has 0 saturated carbocycles. The third kappa shape index (κ3) is 4.96. The van der Waals surface area contributed by atoms with Crippen LogP contribution in [0.3, 0.4) is 0 Å².